The third-order valence-electron chi connectivity index (χ3n) is 2.13. The molecule has 1 rings (SSSR count). The van der Waals surface area contributed by atoms with Gasteiger partial charge >= 0.3 is 0 Å². The van der Waals surface area contributed by atoms with Gasteiger partial charge in [-0.25, -0.2) is 13.1 Å². The molecule has 0 spiro atoms. The standard InChI is InChI=1S/C12H20N2O5S/c1-12(2,3)14-20(17,18)10-6-5-9(19-10)11(16)13-7-4-8-15/h5-6,14-15H,4,7-8H2,1-3H3,(H,13,16). The van der Waals surface area contributed by atoms with Crippen LogP contribution in [0.25, 0.3) is 0 Å². The fourth-order valence-corrected chi connectivity index (χ4v) is 2.76. The first-order valence-electron chi connectivity index (χ1n) is 6.18. The van der Waals surface area contributed by atoms with Gasteiger partial charge in [-0.1, -0.05) is 0 Å². The normalized spacial score (nSPS) is 12.4. The highest BCUT2D eigenvalue weighted by molar-refractivity contribution is 7.89. The smallest absolute Gasteiger partial charge is 0.287 e. The molecule has 114 valence electrons. The van der Waals surface area contributed by atoms with Gasteiger partial charge in [0.15, 0.2) is 5.76 Å². The largest absolute Gasteiger partial charge is 0.438 e. The number of hydrogen-bond donors (Lipinski definition) is 3. The number of carbonyl (C=O) groups is 1. The lowest BCUT2D eigenvalue weighted by Crippen LogP contribution is -2.40. The van der Waals surface area contributed by atoms with Crippen molar-refractivity contribution in [2.24, 2.45) is 0 Å². The van der Waals surface area contributed by atoms with E-state index in [4.69, 9.17) is 9.52 Å². The number of rotatable bonds is 6. The summed E-state index contributed by atoms with van der Waals surface area (Å²) in [5.41, 5.74) is -0.644. The minimum absolute atomic E-state index is 0.0342. The van der Waals surface area contributed by atoms with Crippen LogP contribution in [0.3, 0.4) is 0 Å². The number of furan rings is 1. The number of amides is 1. The summed E-state index contributed by atoms with van der Waals surface area (Å²) in [4.78, 5) is 11.6. The highest BCUT2D eigenvalue weighted by atomic mass is 32.2. The molecule has 0 saturated heterocycles. The summed E-state index contributed by atoms with van der Waals surface area (Å²) in [6.07, 6.45) is 0.420. The van der Waals surface area contributed by atoms with Crippen molar-refractivity contribution >= 4 is 15.9 Å². The van der Waals surface area contributed by atoms with E-state index in [2.05, 4.69) is 10.0 Å². The summed E-state index contributed by atoms with van der Waals surface area (Å²) in [6, 6.07) is 2.53. The lowest BCUT2D eigenvalue weighted by molar-refractivity contribution is 0.0918. The van der Waals surface area contributed by atoms with Gasteiger partial charge in [-0.2, -0.15) is 0 Å². The average Bonchev–Trinajstić information content (AvgIpc) is 2.75. The molecule has 0 unspecified atom stereocenters. The minimum atomic E-state index is -3.79. The van der Waals surface area contributed by atoms with Gasteiger partial charge in [0.25, 0.3) is 15.9 Å². The Balaban J connectivity index is 2.79. The van der Waals surface area contributed by atoms with Crippen molar-refractivity contribution in [3.05, 3.63) is 17.9 Å². The van der Waals surface area contributed by atoms with Crippen LogP contribution in [0, 0.1) is 0 Å². The number of hydrogen-bond acceptors (Lipinski definition) is 5. The molecule has 1 heterocycles. The first kappa shape index (κ1) is 16.7. The third-order valence-corrected chi connectivity index (χ3v) is 3.76. The molecular weight excluding hydrogens is 284 g/mol. The summed E-state index contributed by atoms with van der Waals surface area (Å²) < 4.78 is 31.4. The van der Waals surface area contributed by atoms with E-state index in [0.29, 0.717) is 13.0 Å². The van der Waals surface area contributed by atoms with Gasteiger partial charge in [0, 0.05) is 18.7 Å². The molecule has 1 aromatic rings. The summed E-state index contributed by atoms with van der Waals surface area (Å²) >= 11 is 0. The van der Waals surface area contributed by atoms with Crippen LogP contribution in [-0.4, -0.2) is 38.1 Å². The molecular formula is C12H20N2O5S. The van der Waals surface area contributed by atoms with Gasteiger partial charge in [-0.05, 0) is 39.3 Å². The van der Waals surface area contributed by atoms with Crippen molar-refractivity contribution in [3.8, 4) is 0 Å². The first-order chi connectivity index (χ1) is 9.15. The van der Waals surface area contributed by atoms with Gasteiger partial charge in [0.2, 0.25) is 5.09 Å². The van der Waals surface area contributed by atoms with Gasteiger partial charge in [-0.3, -0.25) is 4.79 Å². The van der Waals surface area contributed by atoms with Crippen molar-refractivity contribution in [3.63, 3.8) is 0 Å². The summed E-state index contributed by atoms with van der Waals surface area (Å²) in [6.45, 7) is 5.37. The van der Waals surface area contributed by atoms with E-state index in [1.54, 1.807) is 20.8 Å². The molecule has 0 aliphatic heterocycles. The van der Waals surface area contributed by atoms with E-state index >= 15 is 0 Å². The predicted octanol–water partition coefficient (Wildman–Crippen LogP) is 0.469. The Morgan fingerprint density at radius 1 is 1.35 bits per heavy atom. The molecule has 0 atom stereocenters. The zero-order valence-electron chi connectivity index (χ0n) is 11.8. The molecule has 20 heavy (non-hydrogen) atoms. The summed E-state index contributed by atoms with van der Waals surface area (Å²) in [5.74, 6) is -0.604. The van der Waals surface area contributed by atoms with E-state index in [9.17, 15) is 13.2 Å². The van der Waals surface area contributed by atoms with Crippen molar-refractivity contribution in [2.75, 3.05) is 13.2 Å². The second-order valence-corrected chi connectivity index (χ2v) is 6.92. The van der Waals surface area contributed by atoms with Gasteiger partial charge < -0.3 is 14.8 Å². The lowest BCUT2D eigenvalue weighted by Gasteiger charge is -2.18. The Morgan fingerprint density at radius 3 is 2.55 bits per heavy atom. The molecule has 0 bridgehead atoms. The molecule has 0 saturated carbocycles. The Morgan fingerprint density at radius 2 is 2.00 bits per heavy atom. The predicted molar refractivity (Wildman–Crippen MR) is 72.8 cm³/mol. The molecule has 0 aromatic carbocycles. The van der Waals surface area contributed by atoms with Crippen LogP contribution in [0.4, 0.5) is 0 Å². The van der Waals surface area contributed by atoms with Crippen LogP contribution < -0.4 is 10.0 Å². The Hall–Kier alpha value is -1.38. The molecule has 0 fully saturated rings. The van der Waals surface area contributed by atoms with Crippen molar-refractivity contribution in [1.29, 1.82) is 0 Å². The molecule has 8 heteroatoms. The number of sulfonamides is 1. The molecule has 0 aliphatic carbocycles. The van der Waals surface area contributed by atoms with Gasteiger partial charge in [-0.15, -0.1) is 0 Å². The van der Waals surface area contributed by atoms with Crippen molar-refractivity contribution in [1.82, 2.24) is 10.0 Å². The monoisotopic (exact) mass is 304 g/mol. The van der Waals surface area contributed by atoms with Gasteiger partial charge in [0.1, 0.15) is 0 Å². The molecule has 1 amide bonds. The SMILES string of the molecule is CC(C)(C)NS(=O)(=O)c1ccc(C(=O)NCCCO)o1. The highest BCUT2D eigenvalue weighted by Gasteiger charge is 2.26. The van der Waals surface area contributed by atoms with E-state index in [1.165, 1.54) is 12.1 Å². The van der Waals surface area contributed by atoms with Crippen molar-refractivity contribution in [2.45, 2.75) is 37.8 Å². The van der Waals surface area contributed by atoms with Crippen LogP contribution in [0.15, 0.2) is 21.6 Å². The zero-order chi connectivity index (χ0) is 15.4. The highest BCUT2D eigenvalue weighted by Crippen LogP contribution is 2.16. The second-order valence-electron chi connectivity index (χ2n) is 5.31. The maximum Gasteiger partial charge on any atom is 0.287 e. The van der Waals surface area contributed by atoms with Crippen LogP contribution >= 0.6 is 0 Å². The van der Waals surface area contributed by atoms with E-state index in [-0.39, 0.29) is 17.5 Å². The number of carbonyl (C=O) groups excluding carboxylic acids is 1. The van der Waals surface area contributed by atoms with Gasteiger partial charge in [0.05, 0.1) is 0 Å². The lowest BCUT2D eigenvalue weighted by atomic mass is 10.1. The fraction of sp³-hybridized carbons (Fsp3) is 0.583. The minimum Gasteiger partial charge on any atom is -0.438 e. The molecule has 7 nitrogen and oxygen atoms in total. The molecule has 3 N–H and O–H groups in total. The zero-order valence-corrected chi connectivity index (χ0v) is 12.6. The van der Waals surface area contributed by atoms with Crippen LogP contribution in [0.1, 0.15) is 37.7 Å². The molecule has 0 radical (unpaired) electrons. The Labute approximate surface area is 118 Å². The summed E-state index contributed by atoms with van der Waals surface area (Å²) in [5, 5.41) is 10.8. The third kappa shape index (κ3) is 4.95. The average molecular weight is 304 g/mol. The van der Waals surface area contributed by atoms with Crippen LogP contribution in [0.2, 0.25) is 0 Å². The first-order valence-corrected chi connectivity index (χ1v) is 7.67. The number of nitrogens with one attached hydrogen (secondary N) is 2. The maximum atomic E-state index is 12.0. The van der Waals surface area contributed by atoms with E-state index < -0.39 is 21.5 Å². The van der Waals surface area contributed by atoms with Crippen LogP contribution in [-0.2, 0) is 10.0 Å². The fourth-order valence-electron chi connectivity index (χ4n) is 1.41. The topological polar surface area (TPSA) is 109 Å². The Bertz CT molecular complexity index is 557. The maximum absolute atomic E-state index is 12.0. The molecule has 0 aliphatic rings. The van der Waals surface area contributed by atoms with Crippen molar-refractivity contribution < 1.29 is 22.7 Å². The second kappa shape index (κ2) is 6.38. The Kier molecular flexibility index (Phi) is 5.32. The number of aliphatic hydroxyl groups is 1. The summed E-state index contributed by atoms with van der Waals surface area (Å²) in [7, 11) is -3.79. The molecule has 1 aromatic heterocycles. The quantitative estimate of drug-likeness (QED) is 0.662. The van der Waals surface area contributed by atoms with Crippen LogP contribution in [0.5, 0.6) is 0 Å². The van der Waals surface area contributed by atoms with E-state index in [1.807, 2.05) is 0 Å². The number of aliphatic hydroxyl groups excluding tert-OH is 1. The van der Waals surface area contributed by atoms with E-state index in [0.717, 1.165) is 0 Å².